The van der Waals surface area contributed by atoms with Crippen molar-refractivity contribution in [2.24, 2.45) is 0 Å². The first-order chi connectivity index (χ1) is 13.2. The van der Waals surface area contributed by atoms with Gasteiger partial charge in [0.05, 0.1) is 6.61 Å². The van der Waals surface area contributed by atoms with Gasteiger partial charge in [-0.2, -0.15) is 0 Å². The molecule has 1 N–H and O–H groups in total. The monoisotopic (exact) mass is 361 g/mol. The molecule has 3 aromatic carbocycles. The Labute approximate surface area is 159 Å². The fourth-order valence-electron chi connectivity index (χ4n) is 2.55. The van der Waals surface area contributed by atoms with Gasteiger partial charge in [-0.3, -0.25) is 4.79 Å². The summed E-state index contributed by atoms with van der Waals surface area (Å²) in [6.45, 7) is 3.16. The van der Waals surface area contributed by atoms with Gasteiger partial charge in [0.25, 0.3) is 5.91 Å². The predicted octanol–water partition coefficient (Wildman–Crippen LogP) is 5.31. The van der Waals surface area contributed by atoms with E-state index in [1.807, 2.05) is 73.7 Å². The molecule has 0 fully saturated rings. The van der Waals surface area contributed by atoms with Gasteiger partial charge in [0, 0.05) is 17.3 Å². The number of anilines is 1. The molecule has 3 rings (SSSR count). The smallest absolute Gasteiger partial charge is 0.255 e. The Kier molecular flexibility index (Phi) is 6.47. The zero-order valence-corrected chi connectivity index (χ0v) is 15.4. The Hall–Kier alpha value is -3.27. The van der Waals surface area contributed by atoms with Crippen molar-refractivity contribution in [2.45, 2.75) is 20.0 Å². The molecule has 0 aliphatic rings. The molecule has 0 saturated carbocycles. The van der Waals surface area contributed by atoms with Crippen LogP contribution in [0.1, 0.15) is 29.3 Å². The maximum Gasteiger partial charge on any atom is 0.255 e. The van der Waals surface area contributed by atoms with Gasteiger partial charge in [-0.25, -0.2) is 0 Å². The third-order valence-corrected chi connectivity index (χ3v) is 3.91. The summed E-state index contributed by atoms with van der Waals surface area (Å²) in [6.07, 6.45) is 0.923. The maximum absolute atomic E-state index is 12.5. The van der Waals surface area contributed by atoms with E-state index in [0.717, 1.165) is 12.0 Å². The number of rotatable bonds is 8. The second kappa shape index (κ2) is 9.43. The molecule has 0 bridgehead atoms. The average Bonchev–Trinajstić information content (AvgIpc) is 2.72. The summed E-state index contributed by atoms with van der Waals surface area (Å²) in [6, 6.07) is 24.5. The normalized spacial score (nSPS) is 10.3. The van der Waals surface area contributed by atoms with E-state index in [4.69, 9.17) is 9.47 Å². The second-order valence-corrected chi connectivity index (χ2v) is 6.13. The van der Waals surface area contributed by atoms with Crippen molar-refractivity contribution in [1.82, 2.24) is 0 Å². The van der Waals surface area contributed by atoms with E-state index in [9.17, 15) is 4.79 Å². The highest BCUT2D eigenvalue weighted by molar-refractivity contribution is 6.04. The first kappa shape index (κ1) is 18.5. The van der Waals surface area contributed by atoms with Crippen LogP contribution < -0.4 is 14.8 Å². The molecule has 0 atom stereocenters. The van der Waals surface area contributed by atoms with Crippen molar-refractivity contribution < 1.29 is 14.3 Å². The molecular formula is C23H23NO3. The summed E-state index contributed by atoms with van der Waals surface area (Å²) in [5, 5.41) is 2.91. The van der Waals surface area contributed by atoms with Crippen LogP contribution in [0.5, 0.6) is 11.5 Å². The standard InChI is InChI=1S/C23H23NO3/c1-2-14-26-21-12-6-10-19(15-21)23(25)24-20-11-7-13-22(16-20)27-17-18-8-4-3-5-9-18/h3-13,15-16H,2,14,17H2,1H3,(H,24,25). The molecule has 0 aromatic heterocycles. The Morgan fingerprint density at radius 3 is 2.37 bits per heavy atom. The zero-order chi connectivity index (χ0) is 18.9. The van der Waals surface area contributed by atoms with Gasteiger partial charge < -0.3 is 14.8 Å². The third-order valence-electron chi connectivity index (χ3n) is 3.91. The van der Waals surface area contributed by atoms with E-state index in [-0.39, 0.29) is 5.91 Å². The van der Waals surface area contributed by atoms with E-state index in [2.05, 4.69) is 5.32 Å². The lowest BCUT2D eigenvalue weighted by Gasteiger charge is -2.10. The van der Waals surface area contributed by atoms with Crippen LogP contribution in [0.3, 0.4) is 0 Å². The summed E-state index contributed by atoms with van der Waals surface area (Å²) in [5.41, 5.74) is 2.33. The fourth-order valence-corrected chi connectivity index (χ4v) is 2.55. The molecule has 4 nitrogen and oxygen atoms in total. The van der Waals surface area contributed by atoms with Crippen LogP contribution in [0.2, 0.25) is 0 Å². The minimum absolute atomic E-state index is 0.183. The topological polar surface area (TPSA) is 47.6 Å². The third kappa shape index (κ3) is 5.61. The van der Waals surface area contributed by atoms with E-state index in [1.54, 1.807) is 12.1 Å². The van der Waals surface area contributed by atoms with Crippen molar-refractivity contribution in [3.05, 3.63) is 90.0 Å². The molecule has 0 spiro atoms. The van der Waals surface area contributed by atoms with Gasteiger partial charge >= 0.3 is 0 Å². The van der Waals surface area contributed by atoms with Gasteiger partial charge in [-0.1, -0.05) is 49.4 Å². The van der Waals surface area contributed by atoms with Crippen molar-refractivity contribution >= 4 is 11.6 Å². The summed E-state index contributed by atoms with van der Waals surface area (Å²) in [5.74, 6) is 1.22. The van der Waals surface area contributed by atoms with Gasteiger partial charge in [-0.15, -0.1) is 0 Å². The lowest BCUT2D eigenvalue weighted by Crippen LogP contribution is -2.12. The molecular weight excluding hydrogens is 338 g/mol. The van der Waals surface area contributed by atoms with E-state index >= 15 is 0 Å². The lowest BCUT2D eigenvalue weighted by molar-refractivity contribution is 0.102. The number of carbonyl (C=O) groups is 1. The summed E-state index contributed by atoms with van der Waals surface area (Å²) < 4.78 is 11.4. The maximum atomic E-state index is 12.5. The molecule has 0 aliphatic heterocycles. The van der Waals surface area contributed by atoms with Crippen molar-refractivity contribution in [3.8, 4) is 11.5 Å². The molecule has 1 amide bonds. The van der Waals surface area contributed by atoms with E-state index in [1.165, 1.54) is 0 Å². The second-order valence-electron chi connectivity index (χ2n) is 6.13. The number of carbonyl (C=O) groups excluding carboxylic acids is 1. The van der Waals surface area contributed by atoms with Gasteiger partial charge in [0.2, 0.25) is 0 Å². The molecule has 0 heterocycles. The van der Waals surface area contributed by atoms with Crippen LogP contribution in [-0.2, 0) is 6.61 Å². The molecule has 0 saturated heterocycles. The highest BCUT2D eigenvalue weighted by Crippen LogP contribution is 2.20. The Morgan fingerprint density at radius 2 is 1.59 bits per heavy atom. The molecule has 0 aliphatic carbocycles. The van der Waals surface area contributed by atoms with Crippen LogP contribution in [-0.4, -0.2) is 12.5 Å². The lowest BCUT2D eigenvalue weighted by atomic mass is 10.2. The molecule has 0 radical (unpaired) electrons. The Bertz CT molecular complexity index is 878. The molecule has 138 valence electrons. The van der Waals surface area contributed by atoms with Crippen molar-refractivity contribution in [1.29, 1.82) is 0 Å². The minimum atomic E-state index is -0.183. The molecule has 27 heavy (non-hydrogen) atoms. The number of amides is 1. The van der Waals surface area contributed by atoms with Gasteiger partial charge in [0.1, 0.15) is 18.1 Å². The minimum Gasteiger partial charge on any atom is -0.494 e. The van der Waals surface area contributed by atoms with Crippen LogP contribution in [0, 0.1) is 0 Å². The Morgan fingerprint density at radius 1 is 0.852 bits per heavy atom. The molecule has 4 heteroatoms. The number of hydrogen-bond donors (Lipinski definition) is 1. The number of ether oxygens (including phenoxy) is 2. The van der Waals surface area contributed by atoms with Crippen molar-refractivity contribution in [2.75, 3.05) is 11.9 Å². The number of nitrogens with one attached hydrogen (secondary N) is 1. The highest BCUT2D eigenvalue weighted by atomic mass is 16.5. The largest absolute Gasteiger partial charge is 0.494 e. The van der Waals surface area contributed by atoms with Crippen LogP contribution in [0.25, 0.3) is 0 Å². The molecule has 0 unspecified atom stereocenters. The quantitative estimate of drug-likeness (QED) is 0.592. The van der Waals surface area contributed by atoms with E-state index < -0.39 is 0 Å². The molecule has 3 aromatic rings. The number of benzene rings is 3. The van der Waals surface area contributed by atoms with Crippen LogP contribution in [0.4, 0.5) is 5.69 Å². The highest BCUT2D eigenvalue weighted by Gasteiger charge is 2.08. The first-order valence-electron chi connectivity index (χ1n) is 9.05. The first-order valence-corrected chi connectivity index (χ1v) is 9.05. The fraction of sp³-hybridized carbons (Fsp3) is 0.174. The average molecular weight is 361 g/mol. The van der Waals surface area contributed by atoms with Crippen molar-refractivity contribution in [3.63, 3.8) is 0 Å². The Balaban J connectivity index is 1.62. The van der Waals surface area contributed by atoms with Gasteiger partial charge in [-0.05, 0) is 42.3 Å². The summed E-state index contributed by atoms with van der Waals surface area (Å²) >= 11 is 0. The van der Waals surface area contributed by atoms with Gasteiger partial charge in [0.15, 0.2) is 0 Å². The van der Waals surface area contributed by atoms with E-state index in [0.29, 0.717) is 36.0 Å². The zero-order valence-electron chi connectivity index (χ0n) is 15.4. The summed E-state index contributed by atoms with van der Waals surface area (Å²) in [7, 11) is 0. The predicted molar refractivity (Wildman–Crippen MR) is 107 cm³/mol. The van der Waals surface area contributed by atoms with Crippen LogP contribution in [0.15, 0.2) is 78.9 Å². The number of hydrogen-bond acceptors (Lipinski definition) is 3. The summed E-state index contributed by atoms with van der Waals surface area (Å²) in [4.78, 5) is 12.5. The van der Waals surface area contributed by atoms with Crippen LogP contribution >= 0.6 is 0 Å². The SMILES string of the molecule is CCCOc1cccc(C(=O)Nc2cccc(OCc3ccccc3)c2)c1.